The molecular weight excluding hydrogens is 245 g/mol. The Morgan fingerprint density at radius 1 is 1.47 bits per heavy atom. The van der Waals surface area contributed by atoms with Crippen LogP contribution < -0.4 is 0 Å². The average molecular weight is 265 g/mol. The van der Waals surface area contributed by atoms with E-state index in [0.717, 1.165) is 0 Å². The van der Waals surface area contributed by atoms with E-state index in [4.69, 9.17) is 14.9 Å². The van der Waals surface area contributed by atoms with Crippen molar-refractivity contribution in [1.82, 2.24) is 4.90 Å². The number of carbonyl (C=O) groups is 1. The predicted octanol–water partition coefficient (Wildman–Crippen LogP) is 0.738. The Kier molecular flexibility index (Phi) is 4.72. The molecule has 1 saturated heterocycles. The van der Waals surface area contributed by atoms with Gasteiger partial charge in [-0.2, -0.15) is 0 Å². The summed E-state index contributed by atoms with van der Waals surface area (Å²) in [5.41, 5.74) is 0. The molecule has 0 bridgehead atoms. The normalized spacial score (nSPS) is 27.4. The highest BCUT2D eigenvalue weighted by Crippen LogP contribution is 2.40. The number of aliphatic carboxylic acids is 1. The van der Waals surface area contributed by atoms with Gasteiger partial charge >= 0.3 is 13.6 Å². The summed E-state index contributed by atoms with van der Waals surface area (Å²) in [6, 6.07) is -0.493. The molecule has 2 atom stereocenters. The van der Waals surface area contributed by atoms with Crippen molar-refractivity contribution < 1.29 is 24.3 Å². The first-order valence-electron chi connectivity index (χ1n) is 5.74. The lowest BCUT2D eigenvalue weighted by molar-refractivity contribution is -0.146. The van der Waals surface area contributed by atoms with Crippen LogP contribution in [0.4, 0.5) is 0 Å². The van der Waals surface area contributed by atoms with Crippen molar-refractivity contribution in [2.45, 2.75) is 38.8 Å². The first-order chi connectivity index (χ1) is 7.70. The quantitative estimate of drug-likeness (QED) is 0.648. The van der Waals surface area contributed by atoms with Gasteiger partial charge < -0.3 is 14.9 Å². The fraction of sp³-hybridized carbons (Fsp3) is 0.900. The fourth-order valence-electron chi connectivity index (χ4n) is 2.42. The Morgan fingerprint density at radius 2 is 2.06 bits per heavy atom. The van der Waals surface area contributed by atoms with Gasteiger partial charge in [0.2, 0.25) is 0 Å². The van der Waals surface area contributed by atoms with Crippen LogP contribution in [0.5, 0.6) is 0 Å². The zero-order valence-electron chi connectivity index (χ0n) is 10.1. The Hall–Kier alpha value is -0.420. The van der Waals surface area contributed by atoms with Gasteiger partial charge in [0, 0.05) is 6.04 Å². The van der Waals surface area contributed by atoms with Crippen LogP contribution in [0.2, 0.25) is 0 Å². The molecule has 0 spiro atoms. The first-order valence-corrected chi connectivity index (χ1v) is 7.53. The SMILES string of the molecule is CC(C)N1CC[C@@H](CP(=O)(O)O)C[C@H]1C(=O)O. The van der Waals surface area contributed by atoms with Crippen LogP contribution in [-0.2, 0) is 9.36 Å². The van der Waals surface area contributed by atoms with E-state index >= 15 is 0 Å². The van der Waals surface area contributed by atoms with E-state index in [-0.39, 0.29) is 18.1 Å². The highest BCUT2D eigenvalue weighted by molar-refractivity contribution is 7.51. The number of rotatable bonds is 4. The molecule has 1 heterocycles. The molecule has 0 aromatic rings. The van der Waals surface area contributed by atoms with Crippen LogP contribution in [0.15, 0.2) is 0 Å². The third-order valence-electron chi connectivity index (χ3n) is 3.20. The van der Waals surface area contributed by atoms with Crippen LogP contribution in [-0.4, -0.2) is 50.6 Å². The average Bonchev–Trinajstić information content (AvgIpc) is 2.14. The number of hydrogen-bond acceptors (Lipinski definition) is 3. The smallest absolute Gasteiger partial charge is 0.325 e. The number of carboxylic acid groups (broad SMARTS) is 1. The third kappa shape index (κ3) is 4.39. The number of piperidine rings is 1. The molecule has 1 rings (SSSR count). The minimum atomic E-state index is -4.05. The second-order valence-electron chi connectivity index (χ2n) is 4.92. The Balaban J connectivity index is 2.69. The highest BCUT2D eigenvalue weighted by atomic mass is 31.2. The van der Waals surface area contributed by atoms with Gasteiger partial charge in [-0.25, -0.2) is 0 Å². The topological polar surface area (TPSA) is 98.1 Å². The summed E-state index contributed by atoms with van der Waals surface area (Å²) < 4.78 is 10.9. The van der Waals surface area contributed by atoms with Crippen LogP contribution >= 0.6 is 7.60 Å². The second kappa shape index (κ2) is 5.48. The molecule has 100 valence electrons. The molecule has 0 unspecified atom stereocenters. The lowest BCUT2D eigenvalue weighted by Crippen LogP contribution is -2.50. The molecule has 0 radical (unpaired) electrons. The van der Waals surface area contributed by atoms with Gasteiger partial charge in [-0.05, 0) is 39.2 Å². The predicted molar refractivity (Wildman–Crippen MR) is 62.9 cm³/mol. The van der Waals surface area contributed by atoms with Crippen molar-refractivity contribution in [1.29, 1.82) is 0 Å². The molecule has 17 heavy (non-hydrogen) atoms. The minimum Gasteiger partial charge on any atom is -0.480 e. The van der Waals surface area contributed by atoms with Gasteiger partial charge in [0.1, 0.15) is 6.04 Å². The Morgan fingerprint density at radius 3 is 2.47 bits per heavy atom. The molecule has 0 aromatic carbocycles. The van der Waals surface area contributed by atoms with Crippen molar-refractivity contribution >= 4 is 13.6 Å². The third-order valence-corrected chi connectivity index (χ3v) is 4.19. The number of hydrogen-bond donors (Lipinski definition) is 3. The Bertz CT molecular complexity index is 327. The van der Waals surface area contributed by atoms with E-state index in [1.165, 1.54) is 0 Å². The highest BCUT2D eigenvalue weighted by Gasteiger charge is 2.36. The molecule has 0 amide bonds. The standard InChI is InChI=1S/C10H20NO5P/c1-7(2)11-4-3-8(6-17(14,15)16)5-9(11)10(12)13/h7-9H,3-6H2,1-2H3,(H,12,13)(H2,14,15,16)/t8-,9+/m1/s1. The monoisotopic (exact) mass is 265 g/mol. The molecule has 0 aliphatic carbocycles. The fourth-order valence-corrected chi connectivity index (χ4v) is 3.42. The summed E-state index contributed by atoms with van der Waals surface area (Å²) in [6.45, 7) is 4.44. The molecule has 6 nitrogen and oxygen atoms in total. The molecule has 0 aromatic heterocycles. The lowest BCUT2D eigenvalue weighted by Gasteiger charge is -2.39. The largest absolute Gasteiger partial charge is 0.480 e. The van der Waals surface area contributed by atoms with Crippen LogP contribution in [0, 0.1) is 5.92 Å². The summed E-state index contributed by atoms with van der Waals surface area (Å²) in [7, 11) is -4.05. The van der Waals surface area contributed by atoms with Gasteiger partial charge in [0.05, 0.1) is 6.16 Å². The molecular formula is C10H20NO5P. The van der Waals surface area contributed by atoms with Gasteiger partial charge in [-0.3, -0.25) is 14.3 Å². The van der Waals surface area contributed by atoms with Crippen LogP contribution in [0.1, 0.15) is 26.7 Å². The van der Waals surface area contributed by atoms with Gasteiger partial charge in [0.25, 0.3) is 0 Å². The minimum absolute atomic E-state index is 0.132. The van der Waals surface area contributed by atoms with E-state index in [1.54, 1.807) is 0 Å². The summed E-state index contributed by atoms with van der Waals surface area (Å²) in [6.07, 6.45) is 0.758. The van der Waals surface area contributed by atoms with Crippen molar-refractivity contribution in [2.24, 2.45) is 5.92 Å². The van der Waals surface area contributed by atoms with Crippen LogP contribution in [0.3, 0.4) is 0 Å². The van der Waals surface area contributed by atoms with Crippen molar-refractivity contribution in [3.8, 4) is 0 Å². The van der Waals surface area contributed by atoms with Gasteiger partial charge in [-0.15, -0.1) is 0 Å². The van der Waals surface area contributed by atoms with Crippen molar-refractivity contribution in [3.05, 3.63) is 0 Å². The summed E-state index contributed by atoms with van der Waals surface area (Å²) in [5.74, 6) is -1.11. The molecule has 1 fully saturated rings. The van der Waals surface area contributed by atoms with E-state index in [0.29, 0.717) is 19.4 Å². The maximum absolute atomic E-state index is 11.1. The van der Waals surface area contributed by atoms with Gasteiger partial charge in [-0.1, -0.05) is 0 Å². The molecule has 3 N–H and O–H groups in total. The maximum atomic E-state index is 11.1. The zero-order chi connectivity index (χ0) is 13.2. The molecule has 1 aliphatic heterocycles. The zero-order valence-corrected chi connectivity index (χ0v) is 11.0. The maximum Gasteiger partial charge on any atom is 0.325 e. The Labute approximate surface area is 101 Å². The number of carboxylic acids is 1. The first kappa shape index (κ1) is 14.6. The molecule has 1 aliphatic rings. The number of likely N-dealkylation sites (tertiary alicyclic amines) is 1. The van der Waals surface area contributed by atoms with E-state index < -0.39 is 19.6 Å². The summed E-state index contributed by atoms with van der Waals surface area (Å²) in [5, 5.41) is 9.14. The molecule has 7 heteroatoms. The number of nitrogens with zero attached hydrogens (tertiary/aromatic N) is 1. The van der Waals surface area contributed by atoms with E-state index in [1.807, 2.05) is 18.7 Å². The summed E-state index contributed by atoms with van der Waals surface area (Å²) >= 11 is 0. The van der Waals surface area contributed by atoms with Crippen LogP contribution in [0.25, 0.3) is 0 Å². The van der Waals surface area contributed by atoms with Crippen molar-refractivity contribution in [2.75, 3.05) is 12.7 Å². The van der Waals surface area contributed by atoms with E-state index in [9.17, 15) is 9.36 Å². The summed E-state index contributed by atoms with van der Waals surface area (Å²) in [4.78, 5) is 30.9. The second-order valence-corrected chi connectivity index (χ2v) is 6.62. The molecule has 0 saturated carbocycles. The lowest BCUT2D eigenvalue weighted by atomic mass is 9.91. The van der Waals surface area contributed by atoms with E-state index in [2.05, 4.69) is 0 Å². The van der Waals surface area contributed by atoms with Crippen molar-refractivity contribution in [3.63, 3.8) is 0 Å². The van der Waals surface area contributed by atoms with Gasteiger partial charge in [0.15, 0.2) is 0 Å².